The van der Waals surface area contributed by atoms with Crippen LogP contribution in [0.25, 0.3) is 0 Å². The molecular formula is C15H21NO. The SMILES string of the molecule is C/C=C\C(C)(C(=O)NCC)c1ccccc1C. The highest BCUT2D eigenvalue weighted by atomic mass is 16.2. The molecule has 0 saturated heterocycles. The Bertz CT molecular complexity index is 423. The molecule has 0 radical (unpaired) electrons. The van der Waals surface area contributed by atoms with Gasteiger partial charge < -0.3 is 5.32 Å². The standard InChI is InChI=1S/C15H21NO/c1-5-11-15(4,14(17)16-6-2)13-10-8-7-9-12(13)3/h5,7-11H,6H2,1-4H3,(H,16,17)/b11-5-. The quantitative estimate of drug-likeness (QED) is 0.793. The van der Waals surface area contributed by atoms with Crippen LogP contribution in [0.5, 0.6) is 0 Å². The zero-order valence-corrected chi connectivity index (χ0v) is 11.1. The monoisotopic (exact) mass is 231 g/mol. The maximum atomic E-state index is 12.2. The van der Waals surface area contributed by atoms with Crippen LogP contribution in [0.4, 0.5) is 0 Å². The second-order valence-corrected chi connectivity index (χ2v) is 4.38. The molecule has 0 aliphatic carbocycles. The minimum atomic E-state index is -0.587. The molecule has 1 atom stereocenters. The largest absolute Gasteiger partial charge is 0.355 e. The summed E-state index contributed by atoms with van der Waals surface area (Å²) < 4.78 is 0. The van der Waals surface area contributed by atoms with Crippen LogP contribution >= 0.6 is 0 Å². The smallest absolute Gasteiger partial charge is 0.234 e. The van der Waals surface area contributed by atoms with Crippen molar-refractivity contribution in [3.63, 3.8) is 0 Å². The van der Waals surface area contributed by atoms with Crippen LogP contribution in [-0.2, 0) is 10.2 Å². The van der Waals surface area contributed by atoms with Crippen LogP contribution in [-0.4, -0.2) is 12.5 Å². The first-order chi connectivity index (χ1) is 8.06. The molecule has 2 heteroatoms. The Morgan fingerprint density at radius 3 is 2.59 bits per heavy atom. The number of hydrogen-bond donors (Lipinski definition) is 1. The molecule has 1 unspecified atom stereocenters. The highest BCUT2D eigenvalue weighted by Gasteiger charge is 2.32. The predicted octanol–water partition coefficient (Wildman–Crippen LogP) is 2.96. The molecule has 0 aromatic heterocycles. The third-order valence-electron chi connectivity index (χ3n) is 3.01. The van der Waals surface area contributed by atoms with E-state index in [4.69, 9.17) is 0 Å². The van der Waals surface area contributed by atoms with E-state index in [1.807, 2.05) is 64.1 Å². The van der Waals surface area contributed by atoms with E-state index in [2.05, 4.69) is 5.32 Å². The van der Waals surface area contributed by atoms with Gasteiger partial charge in [-0.25, -0.2) is 0 Å². The number of carbonyl (C=O) groups is 1. The number of carbonyl (C=O) groups excluding carboxylic acids is 1. The van der Waals surface area contributed by atoms with Crippen LogP contribution in [0.3, 0.4) is 0 Å². The molecule has 0 aliphatic rings. The molecule has 1 N–H and O–H groups in total. The van der Waals surface area contributed by atoms with Crippen molar-refractivity contribution < 1.29 is 4.79 Å². The number of hydrogen-bond acceptors (Lipinski definition) is 1. The molecule has 1 aromatic rings. The lowest BCUT2D eigenvalue weighted by Gasteiger charge is -2.27. The highest BCUT2D eigenvalue weighted by Crippen LogP contribution is 2.28. The van der Waals surface area contributed by atoms with Gasteiger partial charge in [-0.3, -0.25) is 4.79 Å². The van der Waals surface area contributed by atoms with E-state index < -0.39 is 5.41 Å². The molecular weight excluding hydrogens is 210 g/mol. The third kappa shape index (κ3) is 2.76. The number of benzene rings is 1. The number of nitrogens with one attached hydrogen (secondary N) is 1. The van der Waals surface area contributed by atoms with Gasteiger partial charge in [-0.15, -0.1) is 0 Å². The van der Waals surface area contributed by atoms with Crippen molar-refractivity contribution in [2.45, 2.75) is 33.1 Å². The van der Waals surface area contributed by atoms with E-state index >= 15 is 0 Å². The van der Waals surface area contributed by atoms with Gasteiger partial charge in [0.25, 0.3) is 0 Å². The summed E-state index contributed by atoms with van der Waals surface area (Å²) in [4.78, 5) is 12.2. The van der Waals surface area contributed by atoms with Gasteiger partial charge in [-0.05, 0) is 38.8 Å². The molecule has 1 aromatic carbocycles. The van der Waals surface area contributed by atoms with Crippen LogP contribution in [0.1, 0.15) is 31.9 Å². The third-order valence-corrected chi connectivity index (χ3v) is 3.01. The maximum Gasteiger partial charge on any atom is 0.234 e. The summed E-state index contributed by atoms with van der Waals surface area (Å²) >= 11 is 0. The van der Waals surface area contributed by atoms with Crippen LogP contribution in [0, 0.1) is 6.92 Å². The summed E-state index contributed by atoms with van der Waals surface area (Å²) in [6, 6.07) is 8.02. The molecule has 0 aliphatic heterocycles. The predicted molar refractivity (Wildman–Crippen MR) is 72.0 cm³/mol. The van der Waals surface area contributed by atoms with Gasteiger partial charge in [0.2, 0.25) is 5.91 Å². The number of amides is 1. The zero-order valence-electron chi connectivity index (χ0n) is 11.1. The van der Waals surface area contributed by atoms with E-state index in [1.165, 1.54) is 0 Å². The lowest BCUT2D eigenvalue weighted by molar-refractivity contribution is -0.124. The summed E-state index contributed by atoms with van der Waals surface area (Å²) in [7, 11) is 0. The fraction of sp³-hybridized carbons (Fsp3) is 0.400. The molecule has 1 amide bonds. The number of rotatable bonds is 4. The van der Waals surface area contributed by atoms with Crippen LogP contribution in [0.15, 0.2) is 36.4 Å². The average molecular weight is 231 g/mol. The molecule has 0 spiro atoms. The number of likely N-dealkylation sites (N-methyl/N-ethyl adjacent to an activating group) is 1. The normalized spacial score (nSPS) is 14.6. The Hall–Kier alpha value is -1.57. The summed E-state index contributed by atoms with van der Waals surface area (Å²) in [6.45, 7) is 8.52. The number of allylic oxidation sites excluding steroid dienone is 1. The first-order valence-electron chi connectivity index (χ1n) is 6.04. The lowest BCUT2D eigenvalue weighted by atomic mass is 9.79. The fourth-order valence-corrected chi connectivity index (χ4v) is 2.12. The first kappa shape index (κ1) is 13.5. The molecule has 0 heterocycles. The molecule has 92 valence electrons. The summed E-state index contributed by atoms with van der Waals surface area (Å²) in [5.74, 6) is 0.0485. The second kappa shape index (κ2) is 5.67. The highest BCUT2D eigenvalue weighted by molar-refractivity contribution is 5.90. The molecule has 0 fully saturated rings. The van der Waals surface area contributed by atoms with E-state index in [0.717, 1.165) is 11.1 Å². The van der Waals surface area contributed by atoms with E-state index in [0.29, 0.717) is 6.54 Å². The van der Waals surface area contributed by atoms with Gasteiger partial charge in [-0.1, -0.05) is 36.4 Å². The maximum absolute atomic E-state index is 12.2. The van der Waals surface area contributed by atoms with Gasteiger partial charge in [0.15, 0.2) is 0 Å². The van der Waals surface area contributed by atoms with Crippen molar-refractivity contribution >= 4 is 5.91 Å². The number of aryl methyl sites for hydroxylation is 1. The van der Waals surface area contributed by atoms with E-state index in [9.17, 15) is 4.79 Å². The average Bonchev–Trinajstić information content (AvgIpc) is 2.30. The summed E-state index contributed by atoms with van der Waals surface area (Å²) in [6.07, 6.45) is 3.89. The topological polar surface area (TPSA) is 29.1 Å². The van der Waals surface area contributed by atoms with E-state index in [1.54, 1.807) is 0 Å². The Labute approximate surface area is 104 Å². The van der Waals surface area contributed by atoms with Gasteiger partial charge in [0, 0.05) is 6.54 Å². The molecule has 0 saturated carbocycles. The molecule has 17 heavy (non-hydrogen) atoms. The summed E-state index contributed by atoms with van der Waals surface area (Å²) in [5.41, 5.74) is 1.61. The minimum absolute atomic E-state index is 0.0485. The van der Waals surface area contributed by atoms with Crippen molar-refractivity contribution in [1.29, 1.82) is 0 Å². The van der Waals surface area contributed by atoms with Crippen LogP contribution in [0.2, 0.25) is 0 Å². The van der Waals surface area contributed by atoms with Crippen molar-refractivity contribution in [1.82, 2.24) is 5.32 Å². The Kier molecular flexibility index (Phi) is 4.50. The molecule has 0 bridgehead atoms. The summed E-state index contributed by atoms with van der Waals surface area (Å²) in [5, 5.41) is 2.91. The minimum Gasteiger partial charge on any atom is -0.355 e. The van der Waals surface area contributed by atoms with Crippen molar-refractivity contribution in [3.05, 3.63) is 47.5 Å². The molecule has 1 rings (SSSR count). The van der Waals surface area contributed by atoms with Crippen molar-refractivity contribution in [2.75, 3.05) is 6.54 Å². The van der Waals surface area contributed by atoms with Gasteiger partial charge in [-0.2, -0.15) is 0 Å². The Balaban J connectivity index is 3.25. The first-order valence-corrected chi connectivity index (χ1v) is 6.04. The second-order valence-electron chi connectivity index (χ2n) is 4.38. The fourth-order valence-electron chi connectivity index (χ4n) is 2.12. The van der Waals surface area contributed by atoms with Gasteiger partial charge in [0.1, 0.15) is 0 Å². The van der Waals surface area contributed by atoms with Crippen molar-refractivity contribution in [3.8, 4) is 0 Å². The Morgan fingerprint density at radius 1 is 1.41 bits per heavy atom. The zero-order chi connectivity index (χ0) is 12.9. The van der Waals surface area contributed by atoms with Crippen molar-refractivity contribution in [2.24, 2.45) is 0 Å². The lowest BCUT2D eigenvalue weighted by Crippen LogP contribution is -2.41. The Morgan fingerprint density at radius 2 is 2.06 bits per heavy atom. The molecule has 2 nitrogen and oxygen atoms in total. The van der Waals surface area contributed by atoms with Crippen LogP contribution < -0.4 is 5.32 Å². The van der Waals surface area contributed by atoms with Gasteiger partial charge in [0.05, 0.1) is 5.41 Å². The van der Waals surface area contributed by atoms with Gasteiger partial charge >= 0.3 is 0 Å². The van der Waals surface area contributed by atoms with E-state index in [-0.39, 0.29) is 5.91 Å².